The van der Waals surface area contributed by atoms with Crippen LogP contribution in [0.1, 0.15) is 28.8 Å². The number of carbonyl (C=O) groups excluding carboxylic acids is 1. The summed E-state index contributed by atoms with van der Waals surface area (Å²) in [5.41, 5.74) is 0.0474. The Morgan fingerprint density at radius 1 is 1.21 bits per heavy atom. The van der Waals surface area contributed by atoms with Crippen molar-refractivity contribution in [2.75, 3.05) is 20.2 Å². The summed E-state index contributed by atoms with van der Waals surface area (Å²) in [6.45, 7) is 1.17. The minimum Gasteiger partial charge on any atom is -0.496 e. The van der Waals surface area contributed by atoms with Crippen molar-refractivity contribution in [2.24, 2.45) is 5.14 Å². The molecule has 0 spiro atoms. The second-order valence-corrected chi connectivity index (χ2v) is 9.15. The number of para-hydroxylation sites is 1. The van der Waals surface area contributed by atoms with Gasteiger partial charge in [0, 0.05) is 10.4 Å². The fourth-order valence-corrected chi connectivity index (χ4v) is 5.40. The number of piperidine rings is 1. The molecule has 0 saturated carbocycles. The molecule has 7 nitrogen and oxygen atoms in total. The van der Waals surface area contributed by atoms with Gasteiger partial charge in [0.25, 0.3) is 5.91 Å². The lowest BCUT2D eigenvalue weighted by Crippen LogP contribution is -2.60. The van der Waals surface area contributed by atoms with Crippen LogP contribution in [0.25, 0.3) is 0 Å². The van der Waals surface area contributed by atoms with Crippen LogP contribution in [0.2, 0.25) is 5.02 Å². The molecule has 0 aliphatic carbocycles. The molecule has 4 N–H and O–H groups in total. The highest BCUT2D eigenvalue weighted by atomic mass is 35.5. The van der Waals surface area contributed by atoms with E-state index < -0.39 is 26.7 Å². The van der Waals surface area contributed by atoms with Gasteiger partial charge in [-0.25, -0.2) is 13.6 Å². The van der Waals surface area contributed by atoms with E-state index in [-0.39, 0.29) is 5.56 Å². The van der Waals surface area contributed by atoms with E-state index in [0.717, 1.165) is 5.56 Å². The van der Waals surface area contributed by atoms with Crippen molar-refractivity contribution in [1.29, 1.82) is 0 Å². The first-order chi connectivity index (χ1) is 13.8. The van der Waals surface area contributed by atoms with Gasteiger partial charge >= 0.3 is 0 Å². The third-order valence-corrected chi connectivity index (χ3v) is 6.80. The SMILES string of the molecule is COc1ccccc1C(=O)NC(C1(c2cccc(Cl)c2)CCNCC1)S(N)(=O)=O. The number of primary sulfonamides is 1. The molecule has 0 bridgehead atoms. The highest BCUT2D eigenvalue weighted by molar-refractivity contribution is 7.89. The van der Waals surface area contributed by atoms with Gasteiger partial charge in [0.1, 0.15) is 5.75 Å². The Labute approximate surface area is 175 Å². The molecule has 1 aliphatic rings. The maximum atomic E-state index is 13.0. The average molecular weight is 438 g/mol. The number of amides is 1. The third kappa shape index (κ3) is 4.56. The van der Waals surface area contributed by atoms with E-state index in [1.54, 1.807) is 42.5 Å². The van der Waals surface area contributed by atoms with Crippen LogP contribution >= 0.6 is 11.6 Å². The monoisotopic (exact) mass is 437 g/mol. The lowest BCUT2D eigenvalue weighted by Gasteiger charge is -2.43. The summed E-state index contributed by atoms with van der Waals surface area (Å²) in [5.74, 6) is -0.221. The summed E-state index contributed by atoms with van der Waals surface area (Å²) in [5, 5.41) is 10.7. The van der Waals surface area contributed by atoms with E-state index in [9.17, 15) is 13.2 Å². The average Bonchev–Trinajstić information content (AvgIpc) is 2.71. The van der Waals surface area contributed by atoms with E-state index in [1.165, 1.54) is 7.11 Å². The molecule has 9 heteroatoms. The smallest absolute Gasteiger partial charge is 0.256 e. The van der Waals surface area contributed by atoms with E-state index >= 15 is 0 Å². The second kappa shape index (κ2) is 8.71. The normalized spacial score (nSPS) is 17.3. The van der Waals surface area contributed by atoms with Gasteiger partial charge in [0.05, 0.1) is 12.7 Å². The van der Waals surface area contributed by atoms with Crippen molar-refractivity contribution in [2.45, 2.75) is 23.6 Å². The summed E-state index contributed by atoms with van der Waals surface area (Å²) in [6.07, 6.45) is 0.946. The number of nitrogens with two attached hydrogens (primary N) is 1. The summed E-state index contributed by atoms with van der Waals surface area (Å²) < 4.78 is 30.6. The number of hydrogen-bond donors (Lipinski definition) is 3. The molecular weight excluding hydrogens is 414 g/mol. The Morgan fingerprint density at radius 2 is 1.90 bits per heavy atom. The zero-order chi connectivity index (χ0) is 21.1. The van der Waals surface area contributed by atoms with Crippen molar-refractivity contribution in [1.82, 2.24) is 10.6 Å². The first kappa shape index (κ1) is 21.6. The van der Waals surface area contributed by atoms with Crippen molar-refractivity contribution >= 4 is 27.5 Å². The first-order valence-electron chi connectivity index (χ1n) is 9.20. The van der Waals surface area contributed by atoms with Crippen LogP contribution in [-0.4, -0.2) is 39.9 Å². The van der Waals surface area contributed by atoms with Gasteiger partial charge in [-0.2, -0.15) is 0 Å². The van der Waals surface area contributed by atoms with Crippen LogP contribution in [0.5, 0.6) is 5.75 Å². The fraction of sp³-hybridized carbons (Fsp3) is 0.350. The molecule has 0 radical (unpaired) electrons. The van der Waals surface area contributed by atoms with Gasteiger partial charge in [-0.15, -0.1) is 0 Å². The quantitative estimate of drug-likeness (QED) is 0.640. The van der Waals surface area contributed by atoms with Crippen LogP contribution in [0.3, 0.4) is 0 Å². The largest absolute Gasteiger partial charge is 0.496 e. The predicted molar refractivity (Wildman–Crippen MR) is 113 cm³/mol. The summed E-state index contributed by atoms with van der Waals surface area (Å²) in [6, 6.07) is 13.7. The van der Waals surface area contributed by atoms with Crippen molar-refractivity contribution in [3.8, 4) is 5.75 Å². The van der Waals surface area contributed by atoms with Gasteiger partial charge < -0.3 is 15.4 Å². The van der Waals surface area contributed by atoms with Gasteiger partial charge in [0.15, 0.2) is 5.37 Å². The molecule has 29 heavy (non-hydrogen) atoms. The molecule has 1 unspecified atom stereocenters. The Hall–Kier alpha value is -2.13. The number of ether oxygens (including phenoxy) is 1. The number of hydrogen-bond acceptors (Lipinski definition) is 5. The molecule has 1 saturated heterocycles. The van der Waals surface area contributed by atoms with Crippen LogP contribution < -0.4 is 20.5 Å². The molecule has 2 aromatic rings. The number of nitrogens with one attached hydrogen (secondary N) is 2. The highest BCUT2D eigenvalue weighted by Gasteiger charge is 2.48. The lowest BCUT2D eigenvalue weighted by molar-refractivity contribution is 0.0922. The Bertz CT molecular complexity index is 991. The van der Waals surface area contributed by atoms with E-state index in [1.807, 2.05) is 6.07 Å². The van der Waals surface area contributed by atoms with Crippen LogP contribution in [0.4, 0.5) is 0 Å². The first-order valence-corrected chi connectivity index (χ1v) is 11.2. The minimum atomic E-state index is -4.15. The maximum Gasteiger partial charge on any atom is 0.256 e. The number of methoxy groups -OCH3 is 1. The Balaban J connectivity index is 2.07. The van der Waals surface area contributed by atoms with Crippen molar-refractivity contribution in [3.05, 3.63) is 64.7 Å². The van der Waals surface area contributed by atoms with Gasteiger partial charge in [-0.1, -0.05) is 35.9 Å². The zero-order valence-corrected chi connectivity index (χ0v) is 17.6. The van der Waals surface area contributed by atoms with Crippen LogP contribution in [-0.2, 0) is 15.4 Å². The fourth-order valence-electron chi connectivity index (χ4n) is 3.94. The minimum absolute atomic E-state index is 0.235. The van der Waals surface area contributed by atoms with E-state index in [0.29, 0.717) is 36.7 Å². The molecule has 2 aromatic carbocycles. The molecule has 1 atom stereocenters. The topological polar surface area (TPSA) is 111 Å². The molecule has 1 fully saturated rings. The summed E-state index contributed by atoms with van der Waals surface area (Å²) >= 11 is 6.19. The zero-order valence-electron chi connectivity index (χ0n) is 16.0. The molecule has 3 rings (SSSR count). The molecule has 1 heterocycles. The molecule has 0 aromatic heterocycles. The van der Waals surface area contributed by atoms with Crippen molar-refractivity contribution in [3.63, 3.8) is 0 Å². The summed E-state index contributed by atoms with van der Waals surface area (Å²) in [4.78, 5) is 13.0. The Kier molecular flexibility index (Phi) is 6.48. The number of carbonyl (C=O) groups is 1. The molecule has 156 valence electrons. The second-order valence-electron chi connectivity index (χ2n) is 7.06. The molecular formula is C20H24ClN3O4S. The number of halogens is 1. The standard InChI is InChI=1S/C20H24ClN3O4S/c1-28-17-8-3-2-7-16(17)18(25)24-19(29(22,26)27)20(9-11-23-12-10-20)14-5-4-6-15(21)13-14/h2-8,13,19,23H,9-12H2,1H3,(H,24,25)(H2,22,26,27). The highest BCUT2D eigenvalue weighted by Crippen LogP contribution is 2.39. The van der Waals surface area contributed by atoms with Gasteiger partial charge in [-0.05, 0) is 55.8 Å². The Morgan fingerprint density at radius 3 is 2.52 bits per heavy atom. The van der Waals surface area contributed by atoms with Crippen LogP contribution in [0, 0.1) is 0 Å². The number of benzene rings is 2. The molecule has 1 amide bonds. The van der Waals surface area contributed by atoms with Crippen LogP contribution in [0.15, 0.2) is 48.5 Å². The summed E-state index contributed by atoms with van der Waals surface area (Å²) in [7, 11) is -2.70. The van der Waals surface area contributed by atoms with Gasteiger partial charge in [-0.3, -0.25) is 4.79 Å². The van der Waals surface area contributed by atoms with Gasteiger partial charge in [0.2, 0.25) is 10.0 Å². The van der Waals surface area contributed by atoms with E-state index in [4.69, 9.17) is 21.5 Å². The van der Waals surface area contributed by atoms with Crippen molar-refractivity contribution < 1.29 is 17.9 Å². The number of sulfonamides is 1. The predicted octanol–water partition coefficient (Wildman–Crippen LogP) is 2.01. The lowest BCUT2D eigenvalue weighted by atomic mass is 9.72. The maximum absolute atomic E-state index is 13.0. The van der Waals surface area contributed by atoms with E-state index in [2.05, 4.69) is 10.6 Å². The third-order valence-electron chi connectivity index (χ3n) is 5.34. The number of rotatable bonds is 6. The molecule has 1 aliphatic heterocycles.